The van der Waals surface area contributed by atoms with Gasteiger partial charge in [0.15, 0.2) is 5.75 Å². The Balaban J connectivity index is 2.07. The number of pyridine rings is 3. The summed E-state index contributed by atoms with van der Waals surface area (Å²) in [4.78, 5) is 21.8. The van der Waals surface area contributed by atoms with E-state index in [0.29, 0.717) is 28.4 Å². The first kappa shape index (κ1) is 15.1. The molecule has 122 valence electrons. The molecule has 5 heteroatoms. The summed E-state index contributed by atoms with van der Waals surface area (Å²) < 4.78 is 7.53. The fourth-order valence-corrected chi connectivity index (χ4v) is 2.98. The predicted octanol–water partition coefficient (Wildman–Crippen LogP) is 3.64. The Kier molecular flexibility index (Phi) is 3.74. The molecular weight excluding hydrogens is 314 g/mol. The fourth-order valence-electron chi connectivity index (χ4n) is 2.98. The molecule has 0 aliphatic heterocycles. The normalized spacial score (nSPS) is 10.8. The highest BCUT2D eigenvalue weighted by Crippen LogP contribution is 2.37. The molecule has 0 N–H and O–H groups in total. The van der Waals surface area contributed by atoms with Crippen LogP contribution < -0.4 is 4.74 Å². The van der Waals surface area contributed by atoms with Crippen LogP contribution in [0.2, 0.25) is 0 Å². The van der Waals surface area contributed by atoms with Crippen LogP contribution in [0.5, 0.6) is 5.75 Å². The monoisotopic (exact) mass is 329 g/mol. The van der Waals surface area contributed by atoms with E-state index in [1.165, 1.54) is 0 Å². The third-order valence-electron chi connectivity index (χ3n) is 4.03. The van der Waals surface area contributed by atoms with Gasteiger partial charge in [0.2, 0.25) is 5.78 Å². The number of ether oxygens (including phenoxy) is 1. The summed E-state index contributed by atoms with van der Waals surface area (Å²) in [7, 11) is 1.57. The van der Waals surface area contributed by atoms with E-state index in [9.17, 15) is 4.79 Å². The molecule has 5 nitrogen and oxygen atoms in total. The highest BCUT2D eigenvalue weighted by molar-refractivity contribution is 6.15. The smallest absolute Gasteiger partial charge is 0.217 e. The lowest BCUT2D eigenvalue weighted by atomic mass is 10.0. The Bertz CT molecular complexity index is 1040. The van der Waals surface area contributed by atoms with Gasteiger partial charge in [-0.1, -0.05) is 18.2 Å². The number of fused-ring (bicyclic) bond motifs is 1. The first-order valence-corrected chi connectivity index (χ1v) is 7.85. The van der Waals surface area contributed by atoms with Gasteiger partial charge in [-0.25, -0.2) is 0 Å². The molecule has 0 aliphatic carbocycles. The van der Waals surface area contributed by atoms with Crippen molar-refractivity contribution in [3.05, 3.63) is 84.4 Å². The topological polar surface area (TPSA) is 56.5 Å². The van der Waals surface area contributed by atoms with Gasteiger partial charge in [0.1, 0.15) is 5.69 Å². The number of rotatable bonds is 4. The van der Waals surface area contributed by atoms with E-state index in [2.05, 4.69) is 9.97 Å². The van der Waals surface area contributed by atoms with Gasteiger partial charge in [0.25, 0.3) is 0 Å². The van der Waals surface area contributed by atoms with Crippen molar-refractivity contribution in [2.75, 3.05) is 7.11 Å². The van der Waals surface area contributed by atoms with Gasteiger partial charge < -0.3 is 9.14 Å². The average Bonchev–Trinajstić information content (AvgIpc) is 3.03. The maximum absolute atomic E-state index is 13.2. The SMILES string of the molecule is COc1c(C(=O)c2ccccn2)c(-c2ccccn2)n2ccccc12. The van der Waals surface area contributed by atoms with E-state index in [0.717, 1.165) is 5.52 Å². The van der Waals surface area contributed by atoms with Gasteiger partial charge in [-0.15, -0.1) is 0 Å². The molecule has 0 radical (unpaired) electrons. The van der Waals surface area contributed by atoms with Gasteiger partial charge in [-0.2, -0.15) is 0 Å². The van der Waals surface area contributed by atoms with Crippen molar-refractivity contribution in [2.24, 2.45) is 0 Å². The molecule has 4 rings (SSSR count). The first-order valence-electron chi connectivity index (χ1n) is 7.85. The number of nitrogens with zero attached hydrogens (tertiary/aromatic N) is 3. The Morgan fingerprint density at radius 2 is 1.72 bits per heavy atom. The van der Waals surface area contributed by atoms with Crippen molar-refractivity contribution in [1.29, 1.82) is 0 Å². The highest BCUT2D eigenvalue weighted by Gasteiger charge is 2.27. The number of carbonyl (C=O) groups excluding carboxylic acids is 1. The predicted molar refractivity (Wildman–Crippen MR) is 94.8 cm³/mol. The number of hydrogen-bond acceptors (Lipinski definition) is 4. The van der Waals surface area contributed by atoms with Crippen LogP contribution in [-0.4, -0.2) is 27.3 Å². The van der Waals surface area contributed by atoms with E-state index in [-0.39, 0.29) is 5.78 Å². The maximum atomic E-state index is 13.2. The Morgan fingerprint density at radius 1 is 0.960 bits per heavy atom. The lowest BCUT2D eigenvalue weighted by Gasteiger charge is -2.06. The second-order valence-electron chi connectivity index (χ2n) is 5.47. The number of ketones is 1. The standard InChI is InChI=1S/C20H15N3O2/c1-25-20-16-10-4-7-13-23(16)18(14-8-2-5-11-21-14)17(20)19(24)15-9-3-6-12-22-15/h2-13H,1H3. The third-order valence-corrected chi connectivity index (χ3v) is 4.03. The van der Waals surface area contributed by atoms with Crippen LogP contribution in [0.15, 0.2) is 73.2 Å². The Morgan fingerprint density at radius 3 is 2.40 bits per heavy atom. The lowest BCUT2D eigenvalue weighted by Crippen LogP contribution is -2.06. The molecule has 0 atom stereocenters. The number of carbonyl (C=O) groups is 1. The molecule has 0 aromatic carbocycles. The molecular formula is C20H15N3O2. The number of hydrogen-bond donors (Lipinski definition) is 0. The summed E-state index contributed by atoms with van der Waals surface area (Å²) in [6.45, 7) is 0. The van der Waals surface area contributed by atoms with Crippen molar-refractivity contribution >= 4 is 11.3 Å². The van der Waals surface area contributed by atoms with Gasteiger partial charge in [0, 0.05) is 18.6 Å². The van der Waals surface area contributed by atoms with E-state index in [4.69, 9.17) is 4.74 Å². The minimum absolute atomic E-state index is 0.193. The van der Waals surface area contributed by atoms with Gasteiger partial charge in [-0.3, -0.25) is 14.8 Å². The van der Waals surface area contributed by atoms with Gasteiger partial charge in [-0.05, 0) is 36.4 Å². The molecule has 0 fully saturated rings. The van der Waals surface area contributed by atoms with Crippen LogP contribution in [0.1, 0.15) is 16.1 Å². The van der Waals surface area contributed by atoms with Crippen LogP contribution in [0, 0.1) is 0 Å². The molecule has 0 spiro atoms. The minimum Gasteiger partial charge on any atom is -0.494 e. The van der Waals surface area contributed by atoms with Crippen LogP contribution in [0.3, 0.4) is 0 Å². The van der Waals surface area contributed by atoms with Crippen molar-refractivity contribution in [3.8, 4) is 17.1 Å². The summed E-state index contributed by atoms with van der Waals surface area (Å²) in [5, 5.41) is 0. The van der Waals surface area contributed by atoms with Crippen LogP contribution in [0.4, 0.5) is 0 Å². The zero-order chi connectivity index (χ0) is 17.2. The van der Waals surface area contributed by atoms with Crippen LogP contribution in [0.25, 0.3) is 16.9 Å². The minimum atomic E-state index is -0.193. The molecule has 4 aromatic rings. The molecule has 0 bridgehead atoms. The second kappa shape index (κ2) is 6.20. The van der Waals surface area contributed by atoms with Crippen molar-refractivity contribution in [2.45, 2.75) is 0 Å². The quantitative estimate of drug-likeness (QED) is 0.536. The van der Waals surface area contributed by atoms with Gasteiger partial charge in [0.05, 0.1) is 29.6 Å². The van der Waals surface area contributed by atoms with Crippen molar-refractivity contribution < 1.29 is 9.53 Å². The highest BCUT2D eigenvalue weighted by atomic mass is 16.5. The molecule has 0 amide bonds. The Hall–Kier alpha value is -3.47. The van der Waals surface area contributed by atoms with Crippen molar-refractivity contribution in [3.63, 3.8) is 0 Å². The second-order valence-corrected chi connectivity index (χ2v) is 5.47. The molecule has 0 saturated heterocycles. The Labute approximate surface area is 144 Å². The lowest BCUT2D eigenvalue weighted by molar-refractivity contribution is 0.103. The zero-order valence-corrected chi connectivity index (χ0v) is 13.6. The summed E-state index contributed by atoms with van der Waals surface area (Å²) in [6, 6.07) is 16.6. The van der Waals surface area contributed by atoms with E-state index >= 15 is 0 Å². The number of methoxy groups -OCH3 is 1. The first-order chi connectivity index (χ1) is 12.3. The van der Waals surface area contributed by atoms with Crippen LogP contribution in [-0.2, 0) is 0 Å². The van der Waals surface area contributed by atoms with E-state index < -0.39 is 0 Å². The van der Waals surface area contributed by atoms with Crippen molar-refractivity contribution in [1.82, 2.24) is 14.4 Å². The van der Waals surface area contributed by atoms with E-state index in [1.807, 2.05) is 47.0 Å². The molecule has 25 heavy (non-hydrogen) atoms. The fraction of sp³-hybridized carbons (Fsp3) is 0.0500. The summed E-state index contributed by atoms with van der Waals surface area (Å²) in [6.07, 6.45) is 5.21. The molecule has 0 saturated carbocycles. The summed E-state index contributed by atoms with van der Waals surface area (Å²) >= 11 is 0. The van der Waals surface area contributed by atoms with E-state index in [1.54, 1.807) is 37.7 Å². The van der Waals surface area contributed by atoms with Gasteiger partial charge >= 0.3 is 0 Å². The molecule has 0 aliphatic rings. The maximum Gasteiger partial charge on any atom is 0.217 e. The average molecular weight is 329 g/mol. The summed E-state index contributed by atoms with van der Waals surface area (Å²) in [5.74, 6) is 0.332. The zero-order valence-electron chi connectivity index (χ0n) is 13.6. The third kappa shape index (κ3) is 2.46. The van der Waals surface area contributed by atoms with Crippen LogP contribution >= 0.6 is 0 Å². The molecule has 0 unspecified atom stereocenters. The molecule has 4 aromatic heterocycles. The largest absolute Gasteiger partial charge is 0.494 e. The molecule has 4 heterocycles. The number of aromatic nitrogens is 3. The summed E-state index contributed by atoms with van der Waals surface area (Å²) in [5.41, 5.74) is 3.04.